The number of aryl methyl sites for hydroxylation is 1. The lowest BCUT2D eigenvalue weighted by atomic mass is 10.2. The Morgan fingerprint density at radius 2 is 1.91 bits per heavy atom. The summed E-state index contributed by atoms with van der Waals surface area (Å²) in [5.41, 5.74) is 1.77. The summed E-state index contributed by atoms with van der Waals surface area (Å²) in [6.07, 6.45) is 3.25. The van der Waals surface area contributed by atoms with Gasteiger partial charge in [0.25, 0.3) is 0 Å². The van der Waals surface area contributed by atoms with Gasteiger partial charge in [0.15, 0.2) is 5.65 Å². The second-order valence-electron chi connectivity index (χ2n) is 4.89. The molecule has 0 fully saturated rings. The first-order valence-corrected chi connectivity index (χ1v) is 7.76. The van der Waals surface area contributed by atoms with E-state index in [0.29, 0.717) is 0 Å². The van der Waals surface area contributed by atoms with Crippen molar-refractivity contribution >= 4 is 22.8 Å². The molecule has 0 N–H and O–H groups in total. The molecule has 120 valence electrons. The molecular formula is C15H14F2N4OS. The lowest BCUT2D eigenvalue weighted by molar-refractivity contribution is -0.0498. The van der Waals surface area contributed by atoms with Gasteiger partial charge in [-0.25, -0.2) is 9.97 Å². The van der Waals surface area contributed by atoms with Gasteiger partial charge >= 0.3 is 6.61 Å². The first-order chi connectivity index (χ1) is 11.0. The fourth-order valence-corrected chi connectivity index (χ4v) is 3.20. The molecule has 8 heteroatoms. The molecular weight excluding hydrogens is 322 g/mol. The minimum absolute atomic E-state index is 0.0916. The number of aromatic nitrogens is 4. The summed E-state index contributed by atoms with van der Waals surface area (Å²) in [7, 11) is 1.83. The Bertz CT molecular complexity index is 807. The van der Waals surface area contributed by atoms with E-state index in [-0.39, 0.29) is 11.0 Å². The number of rotatable bonds is 5. The molecule has 3 aromatic rings. The van der Waals surface area contributed by atoms with Crippen molar-refractivity contribution in [2.24, 2.45) is 7.05 Å². The van der Waals surface area contributed by atoms with E-state index in [2.05, 4.69) is 19.8 Å². The molecule has 0 aliphatic carbocycles. The first-order valence-electron chi connectivity index (χ1n) is 6.88. The van der Waals surface area contributed by atoms with Crippen molar-refractivity contribution in [3.05, 3.63) is 42.4 Å². The molecule has 23 heavy (non-hydrogen) atoms. The van der Waals surface area contributed by atoms with E-state index in [1.165, 1.54) is 18.5 Å². The summed E-state index contributed by atoms with van der Waals surface area (Å²) < 4.78 is 30.4. The van der Waals surface area contributed by atoms with E-state index >= 15 is 0 Å². The highest BCUT2D eigenvalue weighted by Gasteiger charge is 2.14. The third-order valence-electron chi connectivity index (χ3n) is 3.36. The summed E-state index contributed by atoms with van der Waals surface area (Å²) >= 11 is 1.57. The number of alkyl halides is 2. The second kappa shape index (κ2) is 6.49. The zero-order chi connectivity index (χ0) is 16.4. The fourth-order valence-electron chi connectivity index (χ4n) is 2.19. The van der Waals surface area contributed by atoms with Crippen LogP contribution in [0.5, 0.6) is 5.75 Å². The van der Waals surface area contributed by atoms with Crippen LogP contribution in [0, 0.1) is 0 Å². The Morgan fingerprint density at radius 1 is 1.17 bits per heavy atom. The van der Waals surface area contributed by atoms with Crippen LogP contribution in [0.3, 0.4) is 0 Å². The SMILES string of the molecule is C[C@@H](Sc1ncnc2c1cnn2C)c1ccc(OC(F)F)cc1. The molecule has 5 nitrogen and oxygen atoms in total. The molecule has 3 rings (SSSR count). The maximum Gasteiger partial charge on any atom is 0.387 e. The Morgan fingerprint density at radius 3 is 2.61 bits per heavy atom. The molecule has 1 aromatic carbocycles. The minimum atomic E-state index is -2.81. The predicted molar refractivity (Wildman–Crippen MR) is 83.7 cm³/mol. The van der Waals surface area contributed by atoms with Crippen LogP contribution < -0.4 is 4.74 Å². The predicted octanol–water partition coefficient (Wildman–Crippen LogP) is 3.82. The van der Waals surface area contributed by atoms with E-state index in [1.54, 1.807) is 34.8 Å². The van der Waals surface area contributed by atoms with Crippen LogP contribution >= 0.6 is 11.8 Å². The van der Waals surface area contributed by atoms with Crippen LogP contribution in [0.15, 0.2) is 41.8 Å². The van der Waals surface area contributed by atoms with Gasteiger partial charge in [-0.1, -0.05) is 23.9 Å². The molecule has 0 saturated carbocycles. The second-order valence-corrected chi connectivity index (χ2v) is 6.22. The molecule has 0 spiro atoms. The highest BCUT2D eigenvalue weighted by atomic mass is 32.2. The topological polar surface area (TPSA) is 52.8 Å². The summed E-state index contributed by atoms with van der Waals surface area (Å²) in [6.45, 7) is -0.787. The molecule has 0 aliphatic heterocycles. The van der Waals surface area contributed by atoms with Gasteiger partial charge in [-0.05, 0) is 24.6 Å². The van der Waals surface area contributed by atoms with Crippen LogP contribution in [0.1, 0.15) is 17.7 Å². The zero-order valence-corrected chi connectivity index (χ0v) is 13.3. The van der Waals surface area contributed by atoms with Crippen LogP contribution in [-0.4, -0.2) is 26.4 Å². The number of thioether (sulfide) groups is 1. The molecule has 0 amide bonds. The van der Waals surface area contributed by atoms with E-state index in [4.69, 9.17) is 0 Å². The first kappa shape index (κ1) is 15.7. The van der Waals surface area contributed by atoms with Crippen molar-refractivity contribution in [2.75, 3.05) is 0 Å². The van der Waals surface area contributed by atoms with Crippen molar-refractivity contribution in [1.82, 2.24) is 19.7 Å². The molecule has 0 aliphatic rings. The quantitative estimate of drug-likeness (QED) is 0.524. The number of halogens is 2. The number of benzene rings is 1. The van der Waals surface area contributed by atoms with Crippen molar-refractivity contribution < 1.29 is 13.5 Å². The van der Waals surface area contributed by atoms with Crippen molar-refractivity contribution in [3.63, 3.8) is 0 Å². The van der Waals surface area contributed by atoms with E-state index < -0.39 is 6.61 Å². The van der Waals surface area contributed by atoms with Crippen molar-refractivity contribution in [2.45, 2.75) is 23.8 Å². The normalized spacial score (nSPS) is 12.7. The largest absolute Gasteiger partial charge is 0.435 e. The number of hydrogen-bond donors (Lipinski definition) is 0. The summed E-state index contributed by atoms with van der Waals surface area (Å²) in [5.74, 6) is 0.151. The highest BCUT2D eigenvalue weighted by molar-refractivity contribution is 7.99. The van der Waals surface area contributed by atoms with Gasteiger partial charge in [0.1, 0.15) is 17.1 Å². The van der Waals surface area contributed by atoms with Crippen molar-refractivity contribution in [1.29, 1.82) is 0 Å². The van der Waals surface area contributed by atoms with Gasteiger partial charge < -0.3 is 4.74 Å². The maximum absolute atomic E-state index is 12.2. The van der Waals surface area contributed by atoms with E-state index in [0.717, 1.165) is 21.6 Å². The van der Waals surface area contributed by atoms with Crippen LogP contribution in [0.4, 0.5) is 8.78 Å². The Balaban J connectivity index is 1.79. The maximum atomic E-state index is 12.2. The van der Waals surface area contributed by atoms with E-state index in [1.807, 2.05) is 14.0 Å². The third-order valence-corrected chi connectivity index (χ3v) is 4.53. The van der Waals surface area contributed by atoms with Gasteiger partial charge in [-0.15, -0.1) is 0 Å². The summed E-state index contributed by atoms with van der Waals surface area (Å²) in [5, 5.41) is 6.01. The Kier molecular flexibility index (Phi) is 4.42. The standard InChI is InChI=1S/C15H14F2N4OS/c1-9(10-3-5-11(6-4-10)22-15(16)17)23-14-12-7-20-21(2)13(12)18-8-19-14/h3-9,15H,1-2H3/t9-/m1/s1. The van der Waals surface area contributed by atoms with Gasteiger partial charge in [0.05, 0.1) is 11.6 Å². The fraction of sp³-hybridized carbons (Fsp3) is 0.267. The smallest absolute Gasteiger partial charge is 0.387 e. The molecule has 1 atom stereocenters. The Labute approximate surface area is 135 Å². The number of nitrogens with zero attached hydrogens (tertiary/aromatic N) is 4. The highest BCUT2D eigenvalue weighted by Crippen LogP contribution is 2.37. The van der Waals surface area contributed by atoms with Gasteiger partial charge in [-0.2, -0.15) is 13.9 Å². The van der Waals surface area contributed by atoms with Crippen LogP contribution in [-0.2, 0) is 7.05 Å². The van der Waals surface area contributed by atoms with Gasteiger partial charge in [-0.3, -0.25) is 4.68 Å². The van der Waals surface area contributed by atoms with Gasteiger partial charge in [0.2, 0.25) is 0 Å². The lowest BCUT2D eigenvalue weighted by Crippen LogP contribution is -2.01. The number of hydrogen-bond acceptors (Lipinski definition) is 5. The molecule has 0 unspecified atom stereocenters. The van der Waals surface area contributed by atoms with E-state index in [9.17, 15) is 8.78 Å². The zero-order valence-electron chi connectivity index (χ0n) is 12.5. The third kappa shape index (κ3) is 3.42. The Hall–Kier alpha value is -2.22. The molecule has 0 bridgehead atoms. The molecule has 2 heterocycles. The summed E-state index contributed by atoms with van der Waals surface area (Å²) in [4.78, 5) is 8.53. The molecule has 2 aromatic heterocycles. The van der Waals surface area contributed by atoms with Gasteiger partial charge in [0, 0.05) is 12.3 Å². The van der Waals surface area contributed by atoms with Crippen LogP contribution in [0.25, 0.3) is 11.0 Å². The monoisotopic (exact) mass is 336 g/mol. The minimum Gasteiger partial charge on any atom is -0.435 e. The average molecular weight is 336 g/mol. The van der Waals surface area contributed by atoms with Crippen LogP contribution in [0.2, 0.25) is 0 Å². The molecule has 0 saturated heterocycles. The number of ether oxygens (including phenoxy) is 1. The number of fused-ring (bicyclic) bond motifs is 1. The average Bonchev–Trinajstić information content (AvgIpc) is 2.90. The van der Waals surface area contributed by atoms with Crippen molar-refractivity contribution in [3.8, 4) is 5.75 Å². The lowest BCUT2D eigenvalue weighted by Gasteiger charge is -2.12. The molecule has 0 radical (unpaired) electrons. The summed E-state index contributed by atoms with van der Waals surface area (Å²) in [6, 6.07) is 6.63.